The highest BCUT2D eigenvalue weighted by Crippen LogP contribution is 2.26. The van der Waals surface area contributed by atoms with Gasteiger partial charge in [0.15, 0.2) is 0 Å². The van der Waals surface area contributed by atoms with Crippen LogP contribution in [0.4, 0.5) is 0 Å². The Kier molecular flexibility index (Phi) is 5.05. The Morgan fingerprint density at radius 2 is 1.92 bits per heavy atom. The SMILES string of the molecule is C=C(C)C=CCC(C)CC(C)(C)C. The topological polar surface area (TPSA) is 0 Å². The Labute approximate surface area is 83.7 Å². The normalized spacial score (nSPS) is 14.8. The molecule has 0 saturated heterocycles. The average molecular weight is 180 g/mol. The van der Waals surface area contributed by atoms with E-state index in [2.05, 4.69) is 46.4 Å². The van der Waals surface area contributed by atoms with Gasteiger partial charge in [-0.05, 0) is 31.1 Å². The Morgan fingerprint density at radius 1 is 1.38 bits per heavy atom. The number of rotatable bonds is 4. The number of hydrogen-bond donors (Lipinski definition) is 0. The van der Waals surface area contributed by atoms with Crippen LogP contribution in [0.1, 0.15) is 47.5 Å². The van der Waals surface area contributed by atoms with Gasteiger partial charge in [0.1, 0.15) is 0 Å². The summed E-state index contributed by atoms with van der Waals surface area (Å²) in [4.78, 5) is 0. The first kappa shape index (κ1) is 12.5. The lowest BCUT2D eigenvalue weighted by Gasteiger charge is -2.22. The van der Waals surface area contributed by atoms with Crippen LogP contribution in [-0.2, 0) is 0 Å². The second kappa shape index (κ2) is 5.26. The van der Waals surface area contributed by atoms with Crippen LogP contribution in [0.2, 0.25) is 0 Å². The van der Waals surface area contributed by atoms with Gasteiger partial charge in [-0.2, -0.15) is 0 Å². The fraction of sp³-hybridized carbons (Fsp3) is 0.692. The summed E-state index contributed by atoms with van der Waals surface area (Å²) in [6.45, 7) is 15.1. The quantitative estimate of drug-likeness (QED) is 0.555. The van der Waals surface area contributed by atoms with Gasteiger partial charge in [0.2, 0.25) is 0 Å². The van der Waals surface area contributed by atoms with Crippen LogP contribution >= 0.6 is 0 Å². The molecule has 0 N–H and O–H groups in total. The van der Waals surface area contributed by atoms with Crippen LogP contribution in [-0.4, -0.2) is 0 Å². The highest BCUT2D eigenvalue weighted by molar-refractivity contribution is 5.10. The molecule has 0 amide bonds. The highest BCUT2D eigenvalue weighted by Gasteiger charge is 2.13. The predicted octanol–water partition coefficient (Wildman–Crippen LogP) is 4.58. The molecule has 0 radical (unpaired) electrons. The Morgan fingerprint density at radius 3 is 2.31 bits per heavy atom. The molecule has 0 fully saturated rings. The maximum Gasteiger partial charge on any atom is -0.0321 e. The van der Waals surface area contributed by atoms with Crippen molar-refractivity contribution in [3.8, 4) is 0 Å². The van der Waals surface area contributed by atoms with Crippen LogP contribution in [0.5, 0.6) is 0 Å². The molecule has 0 aliphatic rings. The molecule has 1 atom stereocenters. The Balaban J connectivity index is 3.76. The maximum absolute atomic E-state index is 3.84. The zero-order chi connectivity index (χ0) is 10.5. The van der Waals surface area contributed by atoms with Crippen molar-refractivity contribution in [1.29, 1.82) is 0 Å². The van der Waals surface area contributed by atoms with Crippen LogP contribution in [0.15, 0.2) is 24.3 Å². The molecule has 0 aromatic carbocycles. The summed E-state index contributed by atoms with van der Waals surface area (Å²) in [5, 5.41) is 0. The Hall–Kier alpha value is -0.520. The molecule has 0 heteroatoms. The number of allylic oxidation sites excluding steroid dienone is 3. The summed E-state index contributed by atoms with van der Waals surface area (Å²) in [6, 6.07) is 0. The van der Waals surface area contributed by atoms with Gasteiger partial charge in [0.25, 0.3) is 0 Å². The van der Waals surface area contributed by atoms with Gasteiger partial charge < -0.3 is 0 Å². The predicted molar refractivity (Wildman–Crippen MR) is 61.8 cm³/mol. The summed E-state index contributed by atoms with van der Waals surface area (Å²) in [7, 11) is 0. The lowest BCUT2D eigenvalue weighted by molar-refractivity contribution is 0.308. The smallest absolute Gasteiger partial charge is 0.0321 e. The van der Waals surface area contributed by atoms with Crippen molar-refractivity contribution in [2.75, 3.05) is 0 Å². The van der Waals surface area contributed by atoms with Gasteiger partial charge in [-0.1, -0.05) is 52.0 Å². The van der Waals surface area contributed by atoms with Gasteiger partial charge in [-0.3, -0.25) is 0 Å². The number of hydrogen-bond acceptors (Lipinski definition) is 0. The standard InChI is InChI=1S/C13H24/c1-11(2)8-7-9-12(3)10-13(4,5)6/h7-8,12H,1,9-10H2,2-6H3. The average Bonchev–Trinajstić information content (AvgIpc) is 1.81. The van der Waals surface area contributed by atoms with E-state index in [4.69, 9.17) is 0 Å². The van der Waals surface area contributed by atoms with Gasteiger partial charge in [-0.15, -0.1) is 0 Å². The van der Waals surface area contributed by atoms with E-state index in [1.807, 2.05) is 6.92 Å². The molecule has 0 bridgehead atoms. The second-order valence-corrected chi connectivity index (χ2v) is 5.35. The van der Waals surface area contributed by atoms with Gasteiger partial charge in [0.05, 0.1) is 0 Å². The largest absolute Gasteiger partial charge is 0.0961 e. The first-order chi connectivity index (χ1) is 5.81. The molecule has 76 valence electrons. The molecule has 0 aromatic heterocycles. The van der Waals surface area contributed by atoms with Crippen molar-refractivity contribution in [3.05, 3.63) is 24.3 Å². The highest BCUT2D eigenvalue weighted by atomic mass is 14.2. The molecule has 0 aliphatic heterocycles. The first-order valence-corrected chi connectivity index (χ1v) is 5.13. The van der Waals surface area contributed by atoms with Crippen molar-refractivity contribution >= 4 is 0 Å². The molecule has 13 heavy (non-hydrogen) atoms. The van der Waals surface area contributed by atoms with Crippen molar-refractivity contribution in [2.45, 2.75) is 47.5 Å². The fourth-order valence-corrected chi connectivity index (χ4v) is 1.63. The molecule has 0 aromatic rings. The minimum absolute atomic E-state index is 0.455. The molecular formula is C13H24. The van der Waals surface area contributed by atoms with E-state index >= 15 is 0 Å². The van der Waals surface area contributed by atoms with Crippen molar-refractivity contribution in [2.24, 2.45) is 11.3 Å². The zero-order valence-electron chi connectivity index (χ0n) is 9.85. The zero-order valence-corrected chi connectivity index (χ0v) is 9.85. The van der Waals surface area contributed by atoms with E-state index < -0.39 is 0 Å². The summed E-state index contributed by atoms with van der Waals surface area (Å²) < 4.78 is 0. The van der Waals surface area contributed by atoms with E-state index in [0.717, 1.165) is 11.5 Å². The van der Waals surface area contributed by atoms with Gasteiger partial charge in [0, 0.05) is 0 Å². The van der Waals surface area contributed by atoms with E-state index in [-0.39, 0.29) is 0 Å². The summed E-state index contributed by atoms with van der Waals surface area (Å²) >= 11 is 0. The van der Waals surface area contributed by atoms with E-state index in [1.165, 1.54) is 12.8 Å². The third-order valence-electron chi connectivity index (χ3n) is 1.90. The van der Waals surface area contributed by atoms with E-state index in [0.29, 0.717) is 5.41 Å². The van der Waals surface area contributed by atoms with Crippen LogP contribution in [0.3, 0.4) is 0 Å². The lowest BCUT2D eigenvalue weighted by Crippen LogP contribution is -2.10. The fourth-order valence-electron chi connectivity index (χ4n) is 1.63. The molecule has 0 aliphatic carbocycles. The van der Waals surface area contributed by atoms with Gasteiger partial charge in [-0.25, -0.2) is 0 Å². The third-order valence-corrected chi connectivity index (χ3v) is 1.90. The monoisotopic (exact) mass is 180 g/mol. The van der Waals surface area contributed by atoms with Crippen LogP contribution in [0.25, 0.3) is 0 Å². The van der Waals surface area contributed by atoms with E-state index in [9.17, 15) is 0 Å². The molecule has 1 unspecified atom stereocenters. The van der Waals surface area contributed by atoms with Crippen molar-refractivity contribution in [1.82, 2.24) is 0 Å². The molecule has 0 nitrogen and oxygen atoms in total. The second-order valence-electron chi connectivity index (χ2n) is 5.35. The van der Waals surface area contributed by atoms with Gasteiger partial charge >= 0.3 is 0 Å². The lowest BCUT2D eigenvalue weighted by atomic mass is 9.84. The van der Waals surface area contributed by atoms with Crippen molar-refractivity contribution in [3.63, 3.8) is 0 Å². The summed E-state index contributed by atoms with van der Waals surface area (Å²) in [6.07, 6.45) is 6.80. The summed E-state index contributed by atoms with van der Waals surface area (Å²) in [5.74, 6) is 0.774. The molecule has 0 rings (SSSR count). The minimum Gasteiger partial charge on any atom is -0.0961 e. The Bertz CT molecular complexity index is 179. The molecular weight excluding hydrogens is 156 g/mol. The molecule has 0 heterocycles. The third kappa shape index (κ3) is 9.39. The van der Waals surface area contributed by atoms with Crippen LogP contribution < -0.4 is 0 Å². The maximum atomic E-state index is 3.84. The van der Waals surface area contributed by atoms with Crippen molar-refractivity contribution < 1.29 is 0 Å². The summed E-state index contributed by atoms with van der Waals surface area (Å²) in [5.41, 5.74) is 1.60. The van der Waals surface area contributed by atoms with E-state index in [1.54, 1.807) is 0 Å². The minimum atomic E-state index is 0.455. The van der Waals surface area contributed by atoms with Crippen LogP contribution in [0, 0.1) is 11.3 Å². The molecule has 0 spiro atoms. The molecule has 0 saturated carbocycles. The first-order valence-electron chi connectivity index (χ1n) is 5.13.